The van der Waals surface area contributed by atoms with E-state index in [1.807, 2.05) is 36.9 Å². The van der Waals surface area contributed by atoms with Gasteiger partial charge in [0.1, 0.15) is 0 Å². The summed E-state index contributed by atoms with van der Waals surface area (Å²) >= 11 is 1.82. The Bertz CT molecular complexity index is 889. The van der Waals surface area contributed by atoms with Crippen LogP contribution in [0.15, 0.2) is 69.4 Å². The molecule has 0 saturated heterocycles. The van der Waals surface area contributed by atoms with Crippen molar-refractivity contribution in [3.63, 3.8) is 0 Å². The van der Waals surface area contributed by atoms with Gasteiger partial charge in [0, 0.05) is 37.3 Å². The highest BCUT2D eigenvalue weighted by Gasteiger charge is 2.16. The zero-order valence-corrected chi connectivity index (χ0v) is 21.8. The van der Waals surface area contributed by atoms with Crippen molar-refractivity contribution in [1.29, 1.82) is 0 Å². The Morgan fingerprint density at radius 1 is 1.07 bits per heavy atom. The lowest BCUT2D eigenvalue weighted by Gasteiger charge is -2.16. The van der Waals surface area contributed by atoms with E-state index in [2.05, 4.69) is 34.7 Å². The van der Waals surface area contributed by atoms with Gasteiger partial charge in [0.05, 0.1) is 11.4 Å². The Morgan fingerprint density at radius 3 is 2.27 bits per heavy atom. The zero-order valence-electron chi connectivity index (χ0n) is 17.8. The summed E-state index contributed by atoms with van der Waals surface area (Å²) in [6.07, 6.45) is 0. The van der Waals surface area contributed by atoms with Crippen LogP contribution in [0.3, 0.4) is 0 Å². The predicted octanol–water partition coefficient (Wildman–Crippen LogP) is 3.79. The molecule has 30 heavy (non-hydrogen) atoms. The Labute approximate surface area is 202 Å². The molecular formula is C21H31IN4O2S2. The maximum atomic E-state index is 12.2. The lowest BCUT2D eigenvalue weighted by atomic mass is 10.2. The molecule has 0 radical (unpaired) electrons. The van der Waals surface area contributed by atoms with Crippen molar-refractivity contribution in [3.8, 4) is 0 Å². The second-order valence-corrected chi connectivity index (χ2v) is 10.4. The van der Waals surface area contributed by atoms with Gasteiger partial charge in [-0.25, -0.2) is 17.7 Å². The maximum absolute atomic E-state index is 12.2. The number of halogens is 1. The minimum Gasteiger partial charge on any atom is -0.357 e. The van der Waals surface area contributed by atoms with Crippen LogP contribution < -0.4 is 10.6 Å². The van der Waals surface area contributed by atoms with Crippen molar-refractivity contribution in [2.45, 2.75) is 35.4 Å². The van der Waals surface area contributed by atoms with Gasteiger partial charge in [0.2, 0.25) is 10.0 Å². The molecule has 2 N–H and O–H groups in total. The highest BCUT2D eigenvalue weighted by atomic mass is 127. The second-order valence-electron chi connectivity index (χ2n) is 6.75. The standard InChI is InChI=1S/C21H30N4O2S2.HI/c1-5-22-21(23-15-17(2)28-19-9-7-6-8-10-19)24-16-18-11-13-20(14-12-18)29(26,27)25(3)4;/h6-14,17H,5,15-16H2,1-4H3,(H2,22,23,24);1H. The van der Waals surface area contributed by atoms with Crippen LogP contribution in [0.1, 0.15) is 19.4 Å². The van der Waals surface area contributed by atoms with Crippen molar-refractivity contribution in [2.24, 2.45) is 4.99 Å². The van der Waals surface area contributed by atoms with Gasteiger partial charge in [-0.3, -0.25) is 0 Å². The normalized spacial score (nSPS) is 12.9. The highest BCUT2D eigenvalue weighted by Crippen LogP contribution is 2.21. The van der Waals surface area contributed by atoms with E-state index in [1.54, 1.807) is 24.3 Å². The number of hydrogen-bond acceptors (Lipinski definition) is 4. The Kier molecular flexibility index (Phi) is 11.7. The third kappa shape index (κ3) is 8.44. The number of nitrogens with one attached hydrogen (secondary N) is 2. The van der Waals surface area contributed by atoms with E-state index in [4.69, 9.17) is 0 Å². The first-order chi connectivity index (χ1) is 13.8. The molecule has 0 spiro atoms. The molecule has 2 rings (SSSR count). The number of rotatable bonds is 9. The van der Waals surface area contributed by atoms with Crippen LogP contribution in [0, 0.1) is 0 Å². The fraction of sp³-hybridized carbons (Fsp3) is 0.381. The van der Waals surface area contributed by atoms with Gasteiger partial charge < -0.3 is 10.6 Å². The summed E-state index contributed by atoms with van der Waals surface area (Å²) < 4.78 is 25.5. The van der Waals surface area contributed by atoms with Crippen molar-refractivity contribution < 1.29 is 8.42 Å². The summed E-state index contributed by atoms with van der Waals surface area (Å²) in [7, 11) is -0.354. The molecule has 2 aromatic rings. The van der Waals surface area contributed by atoms with E-state index in [-0.39, 0.29) is 28.9 Å². The number of sulfonamides is 1. The quantitative estimate of drug-likeness (QED) is 0.211. The van der Waals surface area contributed by atoms with Crippen molar-refractivity contribution >= 4 is 51.7 Å². The molecule has 9 heteroatoms. The number of benzene rings is 2. The first-order valence-electron chi connectivity index (χ1n) is 9.58. The van der Waals surface area contributed by atoms with Crippen molar-refractivity contribution in [2.75, 3.05) is 27.2 Å². The van der Waals surface area contributed by atoms with E-state index in [0.29, 0.717) is 11.8 Å². The number of nitrogens with zero attached hydrogens (tertiary/aromatic N) is 2. The van der Waals surface area contributed by atoms with Crippen LogP contribution in [0.2, 0.25) is 0 Å². The van der Waals surface area contributed by atoms with Crippen molar-refractivity contribution in [3.05, 3.63) is 60.2 Å². The first-order valence-corrected chi connectivity index (χ1v) is 11.9. The maximum Gasteiger partial charge on any atom is 0.242 e. The average Bonchev–Trinajstić information content (AvgIpc) is 2.71. The van der Waals surface area contributed by atoms with Gasteiger partial charge in [-0.2, -0.15) is 0 Å². The topological polar surface area (TPSA) is 73.8 Å². The largest absolute Gasteiger partial charge is 0.357 e. The Hall–Kier alpha value is -1.30. The molecule has 1 unspecified atom stereocenters. The Morgan fingerprint density at radius 2 is 1.70 bits per heavy atom. The van der Waals surface area contributed by atoms with Gasteiger partial charge in [0.15, 0.2) is 5.96 Å². The number of hydrogen-bond donors (Lipinski definition) is 2. The number of thioether (sulfide) groups is 1. The van der Waals surface area contributed by atoms with E-state index in [9.17, 15) is 8.42 Å². The molecule has 0 saturated carbocycles. The van der Waals surface area contributed by atoms with E-state index < -0.39 is 10.0 Å². The van der Waals surface area contributed by atoms with Crippen LogP contribution in [-0.2, 0) is 16.6 Å². The van der Waals surface area contributed by atoms with E-state index in [0.717, 1.165) is 24.6 Å². The molecule has 0 fully saturated rings. The fourth-order valence-electron chi connectivity index (χ4n) is 2.50. The molecule has 0 heterocycles. The lowest BCUT2D eigenvalue weighted by Crippen LogP contribution is -2.40. The molecule has 0 amide bonds. The summed E-state index contributed by atoms with van der Waals surface area (Å²) in [5.41, 5.74) is 0.951. The lowest BCUT2D eigenvalue weighted by molar-refractivity contribution is 0.520. The summed E-state index contributed by atoms with van der Waals surface area (Å²) in [5, 5.41) is 7.01. The minimum atomic E-state index is -3.41. The van der Waals surface area contributed by atoms with E-state index in [1.165, 1.54) is 23.3 Å². The van der Waals surface area contributed by atoms with Gasteiger partial charge in [0.25, 0.3) is 0 Å². The van der Waals surface area contributed by atoms with Gasteiger partial charge in [-0.15, -0.1) is 35.7 Å². The molecule has 166 valence electrons. The van der Waals surface area contributed by atoms with Gasteiger partial charge in [-0.1, -0.05) is 37.3 Å². The zero-order chi connectivity index (χ0) is 21.3. The third-order valence-electron chi connectivity index (χ3n) is 4.10. The third-order valence-corrected chi connectivity index (χ3v) is 7.05. The average molecular weight is 563 g/mol. The number of guanidine groups is 1. The molecule has 6 nitrogen and oxygen atoms in total. The predicted molar refractivity (Wildman–Crippen MR) is 137 cm³/mol. The molecule has 0 aliphatic rings. The van der Waals surface area contributed by atoms with Gasteiger partial charge >= 0.3 is 0 Å². The van der Waals surface area contributed by atoms with Crippen LogP contribution in [-0.4, -0.2) is 51.1 Å². The first kappa shape index (κ1) is 26.7. The summed E-state index contributed by atoms with van der Waals surface area (Å²) in [5.74, 6) is 0.748. The van der Waals surface area contributed by atoms with Crippen LogP contribution in [0.25, 0.3) is 0 Å². The molecule has 1 atom stereocenters. The molecule has 0 aliphatic carbocycles. The molecule has 0 aliphatic heterocycles. The summed E-state index contributed by atoms with van der Waals surface area (Å²) in [6.45, 7) is 6.23. The fourth-order valence-corrected chi connectivity index (χ4v) is 4.35. The Balaban J connectivity index is 0.00000450. The molecule has 0 bridgehead atoms. The molecule has 0 aromatic heterocycles. The molecular weight excluding hydrogens is 531 g/mol. The van der Waals surface area contributed by atoms with Gasteiger partial charge in [-0.05, 0) is 36.8 Å². The summed E-state index contributed by atoms with van der Waals surface area (Å²) in [4.78, 5) is 6.15. The smallest absolute Gasteiger partial charge is 0.242 e. The SMILES string of the molecule is CCNC(=NCc1ccc(S(=O)(=O)N(C)C)cc1)NCC(C)Sc1ccccc1.I. The summed E-state index contributed by atoms with van der Waals surface area (Å²) in [6, 6.07) is 17.2. The molecule has 2 aromatic carbocycles. The van der Waals surface area contributed by atoms with Crippen LogP contribution in [0.4, 0.5) is 0 Å². The minimum absolute atomic E-state index is 0. The number of aliphatic imine (C=N–C) groups is 1. The van der Waals surface area contributed by atoms with Crippen LogP contribution >= 0.6 is 35.7 Å². The van der Waals surface area contributed by atoms with E-state index >= 15 is 0 Å². The monoisotopic (exact) mass is 562 g/mol. The van der Waals surface area contributed by atoms with Crippen molar-refractivity contribution in [1.82, 2.24) is 14.9 Å². The highest BCUT2D eigenvalue weighted by molar-refractivity contribution is 14.0. The second kappa shape index (κ2) is 13.2. The van der Waals surface area contributed by atoms with Crippen LogP contribution in [0.5, 0.6) is 0 Å².